The number of aromatic nitrogens is 1. The third-order valence-corrected chi connectivity index (χ3v) is 5.14. The Morgan fingerprint density at radius 3 is 2.52 bits per heavy atom. The van der Waals surface area contributed by atoms with E-state index in [0.717, 1.165) is 10.2 Å². The number of hydrogen-bond acceptors (Lipinski definition) is 2. The molecule has 0 saturated carbocycles. The molecular formula is C16H11Cl3N2OS. The van der Waals surface area contributed by atoms with E-state index < -0.39 is 5.91 Å². The van der Waals surface area contributed by atoms with Gasteiger partial charge < -0.3 is 4.57 Å². The summed E-state index contributed by atoms with van der Waals surface area (Å²) >= 11 is 19.4. The smallest absolute Gasteiger partial charge is 0.281 e. The molecule has 1 amide bonds. The minimum Gasteiger partial charge on any atom is -0.317 e. The highest BCUT2D eigenvalue weighted by molar-refractivity contribution is 7.16. The molecule has 7 heteroatoms. The van der Waals surface area contributed by atoms with Crippen molar-refractivity contribution in [1.29, 1.82) is 0 Å². The summed E-state index contributed by atoms with van der Waals surface area (Å²) < 4.78 is 2.95. The number of aryl methyl sites for hydroxylation is 1. The van der Waals surface area contributed by atoms with E-state index in [4.69, 9.17) is 34.8 Å². The highest BCUT2D eigenvalue weighted by Gasteiger charge is 2.12. The minimum absolute atomic E-state index is 0.290. The molecule has 0 spiro atoms. The summed E-state index contributed by atoms with van der Waals surface area (Å²) in [6.07, 6.45) is 0. The molecule has 2 aromatic carbocycles. The summed E-state index contributed by atoms with van der Waals surface area (Å²) in [5, 5.41) is 1.42. The fourth-order valence-corrected chi connectivity index (χ4v) is 4.11. The average Bonchev–Trinajstić information content (AvgIpc) is 2.82. The highest BCUT2D eigenvalue weighted by atomic mass is 35.5. The van der Waals surface area contributed by atoms with Gasteiger partial charge in [-0.1, -0.05) is 46.1 Å². The maximum absolute atomic E-state index is 12.4. The quantitative estimate of drug-likeness (QED) is 0.579. The second-order valence-electron chi connectivity index (χ2n) is 4.78. The number of carbonyl (C=O) groups is 1. The van der Waals surface area contributed by atoms with E-state index in [-0.39, 0.29) is 0 Å². The first-order valence-electron chi connectivity index (χ1n) is 6.82. The van der Waals surface area contributed by atoms with Crippen LogP contribution in [0, 0.1) is 0 Å². The zero-order chi connectivity index (χ0) is 16.6. The largest absolute Gasteiger partial charge is 0.317 e. The predicted octanol–water partition coefficient (Wildman–Crippen LogP) is 5.42. The number of amides is 1. The molecule has 118 valence electrons. The van der Waals surface area contributed by atoms with Crippen molar-refractivity contribution < 1.29 is 4.79 Å². The van der Waals surface area contributed by atoms with Gasteiger partial charge in [0.1, 0.15) is 0 Å². The molecular weight excluding hydrogens is 375 g/mol. The van der Waals surface area contributed by atoms with E-state index in [1.165, 1.54) is 17.4 Å². The van der Waals surface area contributed by atoms with Gasteiger partial charge in [0.2, 0.25) is 0 Å². The van der Waals surface area contributed by atoms with Gasteiger partial charge in [-0.05, 0) is 43.3 Å². The molecule has 1 aromatic heterocycles. The Bertz CT molecular complexity index is 975. The molecule has 3 rings (SSSR count). The minimum atomic E-state index is -0.397. The molecule has 0 unspecified atom stereocenters. The molecule has 0 atom stereocenters. The number of carbonyl (C=O) groups excluding carboxylic acids is 1. The van der Waals surface area contributed by atoms with Crippen molar-refractivity contribution in [3.05, 3.63) is 61.8 Å². The van der Waals surface area contributed by atoms with Gasteiger partial charge in [0.15, 0.2) is 4.80 Å². The van der Waals surface area contributed by atoms with Crippen LogP contribution < -0.4 is 4.80 Å². The Hall–Kier alpha value is -1.33. The number of benzene rings is 2. The summed E-state index contributed by atoms with van der Waals surface area (Å²) in [4.78, 5) is 17.3. The van der Waals surface area contributed by atoms with Gasteiger partial charge in [-0.2, -0.15) is 4.99 Å². The average molecular weight is 386 g/mol. The number of nitrogens with zero attached hydrogens (tertiary/aromatic N) is 2. The van der Waals surface area contributed by atoms with Crippen molar-refractivity contribution >= 4 is 62.3 Å². The molecule has 1 heterocycles. The van der Waals surface area contributed by atoms with Crippen LogP contribution in [0.1, 0.15) is 17.3 Å². The molecule has 0 aliphatic heterocycles. The molecule has 0 bridgehead atoms. The van der Waals surface area contributed by atoms with Gasteiger partial charge in [0, 0.05) is 16.6 Å². The Morgan fingerprint density at radius 1 is 1.13 bits per heavy atom. The second kappa shape index (κ2) is 6.65. The van der Waals surface area contributed by atoms with Gasteiger partial charge in [0.25, 0.3) is 5.91 Å². The maximum atomic E-state index is 12.4. The van der Waals surface area contributed by atoms with Crippen molar-refractivity contribution in [3.8, 4) is 0 Å². The lowest BCUT2D eigenvalue weighted by molar-refractivity contribution is 0.0998. The molecule has 0 radical (unpaired) electrons. The van der Waals surface area contributed by atoms with Crippen LogP contribution in [-0.2, 0) is 6.54 Å². The first-order chi connectivity index (χ1) is 11.0. The Kier molecular flexibility index (Phi) is 4.78. The van der Waals surface area contributed by atoms with Crippen LogP contribution in [0.2, 0.25) is 15.1 Å². The van der Waals surface area contributed by atoms with Crippen LogP contribution in [0.5, 0.6) is 0 Å². The van der Waals surface area contributed by atoms with Crippen molar-refractivity contribution in [2.24, 2.45) is 4.99 Å². The van der Waals surface area contributed by atoms with E-state index in [0.29, 0.717) is 32.0 Å². The summed E-state index contributed by atoms with van der Waals surface area (Å²) in [5.41, 5.74) is 1.32. The molecule has 3 nitrogen and oxygen atoms in total. The van der Waals surface area contributed by atoms with Gasteiger partial charge >= 0.3 is 0 Å². The predicted molar refractivity (Wildman–Crippen MR) is 96.9 cm³/mol. The van der Waals surface area contributed by atoms with Crippen molar-refractivity contribution in [2.45, 2.75) is 13.5 Å². The fraction of sp³-hybridized carbons (Fsp3) is 0.125. The summed E-state index contributed by atoms with van der Waals surface area (Å²) in [6.45, 7) is 2.70. The number of halogens is 3. The van der Waals surface area contributed by atoms with E-state index in [1.807, 2.05) is 29.7 Å². The molecule has 0 N–H and O–H groups in total. The first-order valence-corrected chi connectivity index (χ1v) is 8.77. The van der Waals surface area contributed by atoms with E-state index in [1.54, 1.807) is 12.1 Å². The molecule has 0 aliphatic rings. The van der Waals surface area contributed by atoms with Crippen molar-refractivity contribution in [2.75, 3.05) is 0 Å². The van der Waals surface area contributed by atoms with Crippen molar-refractivity contribution in [3.63, 3.8) is 0 Å². The van der Waals surface area contributed by atoms with E-state index >= 15 is 0 Å². The van der Waals surface area contributed by atoms with Crippen LogP contribution in [0.15, 0.2) is 41.4 Å². The van der Waals surface area contributed by atoms with E-state index in [9.17, 15) is 4.79 Å². The molecule has 23 heavy (non-hydrogen) atoms. The lowest BCUT2D eigenvalue weighted by Crippen LogP contribution is -2.16. The molecule has 3 aromatic rings. The number of hydrogen-bond donors (Lipinski definition) is 0. The van der Waals surface area contributed by atoms with Crippen LogP contribution >= 0.6 is 46.1 Å². The topological polar surface area (TPSA) is 34.4 Å². The lowest BCUT2D eigenvalue weighted by Gasteiger charge is -2.01. The third kappa shape index (κ3) is 3.31. The Labute approximate surface area is 151 Å². The van der Waals surface area contributed by atoms with Gasteiger partial charge in [0.05, 0.1) is 20.8 Å². The monoisotopic (exact) mass is 384 g/mol. The molecule has 0 fully saturated rings. The zero-order valence-corrected chi connectivity index (χ0v) is 15.1. The normalized spacial score (nSPS) is 12.1. The Morgan fingerprint density at radius 2 is 1.83 bits per heavy atom. The van der Waals surface area contributed by atoms with Crippen LogP contribution in [0.4, 0.5) is 0 Å². The summed E-state index contributed by atoms with van der Waals surface area (Å²) in [7, 11) is 0. The van der Waals surface area contributed by atoms with Gasteiger partial charge in [-0.3, -0.25) is 4.79 Å². The number of rotatable bonds is 2. The SMILES string of the molecule is CCn1c(=NC(=O)c2ccc(Cl)cc2Cl)sc2cc(Cl)ccc21. The van der Waals surface area contributed by atoms with E-state index in [2.05, 4.69) is 4.99 Å². The Balaban J connectivity index is 2.15. The standard InChI is InChI=1S/C16H11Cl3N2OS/c1-2-21-13-6-4-10(18)8-14(13)23-16(21)20-15(22)11-5-3-9(17)7-12(11)19/h3-8H,2H2,1H3. The zero-order valence-electron chi connectivity index (χ0n) is 12.0. The second-order valence-corrected chi connectivity index (χ2v) is 7.07. The van der Waals surface area contributed by atoms with Crippen LogP contribution in [0.25, 0.3) is 10.2 Å². The molecule has 0 aliphatic carbocycles. The number of fused-ring (bicyclic) bond motifs is 1. The first kappa shape index (κ1) is 16.5. The van der Waals surface area contributed by atoms with Crippen molar-refractivity contribution in [1.82, 2.24) is 4.57 Å². The summed E-state index contributed by atoms with van der Waals surface area (Å²) in [5.74, 6) is -0.397. The summed E-state index contributed by atoms with van der Waals surface area (Å²) in [6, 6.07) is 10.4. The van der Waals surface area contributed by atoms with Gasteiger partial charge in [-0.15, -0.1) is 0 Å². The van der Waals surface area contributed by atoms with Crippen LogP contribution in [-0.4, -0.2) is 10.5 Å². The maximum Gasteiger partial charge on any atom is 0.281 e. The molecule has 0 saturated heterocycles. The van der Waals surface area contributed by atoms with Gasteiger partial charge in [-0.25, -0.2) is 0 Å². The van der Waals surface area contributed by atoms with Crippen LogP contribution in [0.3, 0.4) is 0 Å². The third-order valence-electron chi connectivity index (χ3n) is 3.32. The highest BCUT2D eigenvalue weighted by Crippen LogP contribution is 2.23. The fourth-order valence-electron chi connectivity index (χ4n) is 2.25. The lowest BCUT2D eigenvalue weighted by atomic mass is 10.2. The number of thiazole rings is 1.